The summed E-state index contributed by atoms with van der Waals surface area (Å²) in [5.74, 6) is -1.93. The molecule has 0 radical (unpaired) electrons. The van der Waals surface area contributed by atoms with Crippen LogP contribution in [0.25, 0.3) is 0 Å². The number of hydrogen-bond donors (Lipinski definition) is 4. The van der Waals surface area contributed by atoms with Crippen molar-refractivity contribution in [1.29, 1.82) is 0 Å². The lowest BCUT2D eigenvalue weighted by Crippen LogP contribution is -2.23. The molecule has 2 unspecified atom stereocenters. The van der Waals surface area contributed by atoms with E-state index in [1.807, 2.05) is 0 Å². The second kappa shape index (κ2) is 9.11. The average Bonchev–Trinajstić information content (AvgIpc) is 2.47. The second-order valence-electron chi connectivity index (χ2n) is 4.29. The van der Waals surface area contributed by atoms with Crippen molar-refractivity contribution in [3.05, 3.63) is 35.4 Å². The molecule has 8 nitrogen and oxygen atoms in total. The SMILES string of the molecule is O=C(OC(O)CCO)c1ccccc1C(=O)OC(O)CCO. The average molecular weight is 314 g/mol. The van der Waals surface area contributed by atoms with Crippen LogP contribution in [-0.2, 0) is 9.47 Å². The Bertz CT molecular complexity index is 456. The predicted octanol–water partition coefficient (Wildman–Crippen LogP) is -0.598. The Morgan fingerprint density at radius 2 is 1.23 bits per heavy atom. The van der Waals surface area contributed by atoms with Crippen molar-refractivity contribution in [3.8, 4) is 0 Å². The first kappa shape index (κ1) is 18.1. The molecule has 0 saturated carbocycles. The van der Waals surface area contributed by atoms with E-state index in [-0.39, 0.29) is 37.2 Å². The molecule has 0 spiro atoms. The van der Waals surface area contributed by atoms with Crippen LogP contribution >= 0.6 is 0 Å². The number of benzene rings is 1. The van der Waals surface area contributed by atoms with E-state index in [9.17, 15) is 19.8 Å². The molecule has 0 saturated heterocycles. The highest BCUT2D eigenvalue weighted by atomic mass is 16.6. The zero-order valence-electron chi connectivity index (χ0n) is 11.7. The van der Waals surface area contributed by atoms with Crippen molar-refractivity contribution in [2.45, 2.75) is 25.4 Å². The lowest BCUT2D eigenvalue weighted by molar-refractivity contribution is -0.0777. The molecule has 4 N–H and O–H groups in total. The largest absolute Gasteiger partial charge is 0.432 e. The Balaban J connectivity index is 2.84. The number of esters is 2. The van der Waals surface area contributed by atoms with E-state index in [0.29, 0.717) is 0 Å². The summed E-state index contributed by atoms with van der Waals surface area (Å²) >= 11 is 0. The lowest BCUT2D eigenvalue weighted by Gasteiger charge is -2.14. The van der Waals surface area contributed by atoms with Gasteiger partial charge in [-0.25, -0.2) is 9.59 Å². The highest BCUT2D eigenvalue weighted by Gasteiger charge is 2.22. The van der Waals surface area contributed by atoms with Gasteiger partial charge >= 0.3 is 11.9 Å². The number of carbonyl (C=O) groups is 2. The van der Waals surface area contributed by atoms with Crippen LogP contribution in [0.1, 0.15) is 33.6 Å². The van der Waals surface area contributed by atoms with Crippen molar-refractivity contribution in [1.82, 2.24) is 0 Å². The minimum Gasteiger partial charge on any atom is -0.432 e. The third-order valence-corrected chi connectivity index (χ3v) is 2.61. The summed E-state index contributed by atoms with van der Waals surface area (Å²) in [7, 11) is 0. The molecule has 0 aliphatic heterocycles. The molecule has 8 heteroatoms. The molecule has 0 aliphatic rings. The van der Waals surface area contributed by atoms with Crippen molar-refractivity contribution >= 4 is 11.9 Å². The fourth-order valence-corrected chi connectivity index (χ4v) is 1.55. The van der Waals surface area contributed by atoms with E-state index < -0.39 is 24.5 Å². The molecule has 0 fully saturated rings. The maximum absolute atomic E-state index is 11.9. The van der Waals surface area contributed by atoms with Crippen LogP contribution in [0, 0.1) is 0 Å². The minimum atomic E-state index is -1.50. The highest BCUT2D eigenvalue weighted by Crippen LogP contribution is 2.14. The monoisotopic (exact) mass is 314 g/mol. The van der Waals surface area contributed by atoms with Gasteiger partial charge in [0.1, 0.15) is 0 Å². The molecule has 1 aromatic carbocycles. The first-order valence-electron chi connectivity index (χ1n) is 6.58. The van der Waals surface area contributed by atoms with E-state index >= 15 is 0 Å². The number of hydrogen-bond acceptors (Lipinski definition) is 8. The van der Waals surface area contributed by atoms with Crippen LogP contribution in [-0.4, -0.2) is 58.2 Å². The zero-order valence-corrected chi connectivity index (χ0v) is 11.7. The second-order valence-corrected chi connectivity index (χ2v) is 4.29. The number of ether oxygens (including phenoxy) is 2. The number of carbonyl (C=O) groups excluding carboxylic acids is 2. The third-order valence-electron chi connectivity index (χ3n) is 2.61. The summed E-state index contributed by atoms with van der Waals surface area (Å²) < 4.78 is 9.33. The molecule has 1 aromatic rings. The Morgan fingerprint density at radius 3 is 1.55 bits per heavy atom. The Kier molecular flexibility index (Phi) is 7.47. The van der Waals surface area contributed by atoms with Gasteiger partial charge in [-0.15, -0.1) is 0 Å². The highest BCUT2D eigenvalue weighted by molar-refractivity contribution is 6.03. The normalized spacial score (nSPS) is 13.3. The molecule has 122 valence electrons. The van der Waals surface area contributed by atoms with Gasteiger partial charge in [0.25, 0.3) is 0 Å². The van der Waals surface area contributed by atoms with Crippen molar-refractivity contribution < 1.29 is 39.5 Å². The fourth-order valence-electron chi connectivity index (χ4n) is 1.55. The van der Waals surface area contributed by atoms with Gasteiger partial charge < -0.3 is 29.9 Å². The maximum atomic E-state index is 11.9. The van der Waals surface area contributed by atoms with E-state index in [0.717, 1.165) is 0 Å². The summed E-state index contributed by atoms with van der Waals surface area (Å²) in [5, 5.41) is 36.0. The maximum Gasteiger partial charge on any atom is 0.341 e. The van der Waals surface area contributed by atoms with Crippen LogP contribution in [0.15, 0.2) is 24.3 Å². The molecule has 0 aromatic heterocycles. The van der Waals surface area contributed by atoms with Crippen molar-refractivity contribution in [2.24, 2.45) is 0 Å². The van der Waals surface area contributed by atoms with Crippen LogP contribution in [0.3, 0.4) is 0 Å². The smallest absolute Gasteiger partial charge is 0.341 e. The molecular weight excluding hydrogens is 296 g/mol. The summed E-state index contributed by atoms with van der Waals surface area (Å²) in [5.41, 5.74) is -0.304. The summed E-state index contributed by atoms with van der Waals surface area (Å²) in [6.45, 7) is -0.739. The molecule has 1 rings (SSSR count). The zero-order chi connectivity index (χ0) is 16.5. The van der Waals surface area contributed by atoms with Crippen molar-refractivity contribution in [3.63, 3.8) is 0 Å². The summed E-state index contributed by atoms with van der Waals surface area (Å²) in [6, 6.07) is 5.55. The quantitative estimate of drug-likeness (QED) is 0.369. The minimum absolute atomic E-state index is 0.152. The van der Waals surface area contributed by atoms with Gasteiger partial charge in [-0.05, 0) is 12.1 Å². The van der Waals surface area contributed by atoms with Gasteiger partial charge in [0.15, 0.2) is 0 Å². The number of aliphatic hydroxyl groups is 4. The topological polar surface area (TPSA) is 134 Å². The van der Waals surface area contributed by atoms with E-state index in [4.69, 9.17) is 10.2 Å². The molecule has 0 bridgehead atoms. The van der Waals surface area contributed by atoms with E-state index in [2.05, 4.69) is 9.47 Å². The molecule has 0 aliphatic carbocycles. The molecule has 2 atom stereocenters. The standard InChI is InChI=1S/C14H18O8/c15-7-5-11(17)21-13(19)9-3-1-2-4-10(9)14(20)22-12(18)6-8-16/h1-4,11-12,15-18H,5-8H2. The van der Waals surface area contributed by atoms with Crippen LogP contribution in [0.2, 0.25) is 0 Å². The molecular formula is C14H18O8. The van der Waals surface area contributed by atoms with Gasteiger partial charge in [-0.2, -0.15) is 0 Å². The van der Waals surface area contributed by atoms with Crippen molar-refractivity contribution in [2.75, 3.05) is 13.2 Å². The van der Waals surface area contributed by atoms with E-state index in [1.165, 1.54) is 24.3 Å². The van der Waals surface area contributed by atoms with Gasteiger partial charge in [0, 0.05) is 26.1 Å². The lowest BCUT2D eigenvalue weighted by atomic mass is 10.1. The van der Waals surface area contributed by atoms with Gasteiger partial charge in [0.05, 0.1) is 11.1 Å². The predicted molar refractivity (Wildman–Crippen MR) is 72.7 cm³/mol. The molecule has 0 amide bonds. The molecule has 22 heavy (non-hydrogen) atoms. The van der Waals surface area contributed by atoms with Gasteiger partial charge in [0.2, 0.25) is 12.6 Å². The Hall–Kier alpha value is -2.00. The Labute approximate surface area is 126 Å². The van der Waals surface area contributed by atoms with Crippen LogP contribution in [0.5, 0.6) is 0 Å². The summed E-state index contributed by atoms with van der Waals surface area (Å²) in [6.07, 6.45) is -3.32. The molecule has 0 heterocycles. The first-order valence-corrected chi connectivity index (χ1v) is 6.58. The first-order chi connectivity index (χ1) is 10.5. The van der Waals surface area contributed by atoms with Gasteiger partial charge in [-0.3, -0.25) is 0 Å². The fraction of sp³-hybridized carbons (Fsp3) is 0.429. The summed E-state index contributed by atoms with van der Waals surface area (Å²) in [4.78, 5) is 23.8. The van der Waals surface area contributed by atoms with Crippen LogP contribution in [0.4, 0.5) is 0 Å². The number of aliphatic hydroxyl groups excluding tert-OH is 4. The van der Waals surface area contributed by atoms with Gasteiger partial charge in [-0.1, -0.05) is 12.1 Å². The van der Waals surface area contributed by atoms with E-state index in [1.54, 1.807) is 0 Å². The van der Waals surface area contributed by atoms with Crippen LogP contribution < -0.4 is 0 Å². The Morgan fingerprint density at radius 1 is 0.864 bits per heavy atom. The third kappa shape index (κ3) is 5.41. The number of rotatable bonds is 8.